The number of nitroso groups, excluding NO2 is 1. The van der Waals surface area contributed by atoms with Gasteiger partial charge in [0.05, 0.1) is 4.75 Å². The lowest BCUT2D eigenvalue weighted by molar-refractivity contribution is -0.131. The van der Waals surface area contributed by atoms with Gasteiger partial charge in [0, 0.05) is 7.05 Å². The minimum Gasteiger partial charge on any atom is -0.322 e. The molecule has 4 nitrogen and oxygen atoms in total. The zero-order chi connectivity index (χ0) is 14.0. The minimum absolute atomic E-state index is 0.0272. The maximum atomic E-state index is 12.0. The van der Waals surface area contributed by atoms with Crippen LogP contribution in [0.15, 0.2) is 5.18 Å². The zero-order valence-electron chi connectivity index (χ0n) is 12.1. The Morgan fingerprint density at radius 1 is 1.22 bits per heavy atom. The molecule has 0 saturated heterocycles. The molecule has 0 radical (unpaired) electrons. The highest BCUT2D eigenvalue weighted by atomic mass is 32.2. The summed E-state index contributed by atoms with van der Waals surface area (Å²) in [5.41, 5.74) is 0. The molecule has 0 saturated carbocycles. The van der Waals surface area contributed by atoms with E-state index in [0.29, 0.717) is 0 Å². The van der Waals surface area contributed by atoms with Gasteiger partial charge in [-0.25, -0.2) is 0 Å². The molecule has 0 fully saturated rings. The van der Waals surface area contributed by atoms with Crippen LogP contribution in [0.1, 0.15) is 52.9 Å². The van der Waals surface area contributed by atoms with Gasteiger partial charge in [-0.2, -0.15) is 0 Å². The van der Waals surface area contributed by atoms with Crippen molar-refractivity contribution in [3.05, 3.63) is 4.91 Å². The topological polar surface area (TPSA) is 49.7 Å². The number of carbonyl (C=O) groups excluding carboxylic acids is 1. The summed E-state index contributed by atoms with van der Waals surface area (Å²) in [7, 11) is 1.62. The zero-order valence-corrected chi connectivity index (χ0v) is 12.9. The number of nitrogens with zero attached hydrogens (tertiary/aromatic N) is 2. The lowest BCUT2D eigenvalue weighted by Crippen LogP contribution is -2.41. The second kappa shape index (κ2) is 9.36. The van der Waals surface area contributed by atoms with Crippen LogP contribution in [0.25, 0.3) is 0 Å². The van der Waals surface area contributed by atoms with E-state index in [4.69, 9.17) is 0 Å². The third-order valence-corrected chi connectivity index (χ3v) is 4.23. The Balaban J connectivity index is 3.91. The number of amides is 1. The highest BCUT2D eigenvalue weighted by molar-refractivity contribution is 8.01. The van der Waals surface area contributed by atoms with E-state index in [9.17, 15) is 9.70 Å². The minimum atomic E-state index is -0.468. The van der Waals surface area contributed by atoms with Crippen LogP contribution in [0.5, 0.6) is 0 Å². The Labute approximate surface area is 115 Å². The molecule has 0 unspecified atom stereocenters. The van der Waals surface area contributed by atoms with E-state index in [1.165, 1.54) is 30.6 Å². The summed E-state index contributed by atoms with van der Waals surface area (Å²) < 4.78 is -0.468. The van der Waals surface area contributed by atoms with Gasteiger partial charge in [-0.05, 0) is 31.2 Å². The van der Waals surface area contributed by atoms with E-state index in [2.05, 4.69) is 12.1 Å². The quantitative estimate of drug-likeness (QED) is 0.451. The number of hydrogen-bond acceptors (Lipinski definition) is 4. The molecule has 0 aromatic carbocycles. The lowest BCUT2D eigenvalue weighted by Gasteiger charge is -2.27. The molecule has 18 heavy (non-hydrogen) atoms. The average molecular weight is 274 g/mol. The predicted molar refractivity (Wildman–Crippen MR) is 78.7 cm³/mol. The van der Waals surface area contributed by atoms with Gasteiger partial charge in [0.1, 0.15) is 0 Å². The summed E-state index contributed by atoms with van der Waals surface area (Å²) in [6.45, 7) is 5.95. The number of rotatable bonds is 10. The third kappa shape index (κ3) is 6.99. The van der Waals surface area contributed by atoms with Gasteiger partial charge in [0.2, 0.25) is 5.91 Å². The monoisotopic (exact) mass is 274 g/mol. The molecule has 0 bridgehead atoms. The summed E-state index contributed by atoms with van der Waals surface area (Å²) in [6.07, 6.45) is 6.20. The molecule has 0 aliphatic carbocycles. The molecule has 0 heterocycles. The first kappa shape index (κ1) is 17.4. The first-order valence-electron chi connectivity index (χ1n) is 6.64. The summed E-state index contributed by atoms with van der Waals surface area (Å²) in [4.78, 5) is 23.6. The van der Waals surface area contributed by atoms with Gasteiger partial charge < -0.3 is 4.90 Å². The van der Waals surface area contributed by atoms with E-state index in [0.717, 1.165) is 12.2 Å². The van der Waals surface area contributed by atoms with Crippen molar-refractivity contribution in [3.63, 3.8) is 0 Å². The highest BCUT2D eigenvalue weighted by Gasteiger charge is 2.30. The Kier molecular flexibility index (Phi) is 9.06. The Morgan fingerprint density at radius 2 is 1.83 bits per heavy atom. The van der Waals surface area contributed by atoms with Gasteiger partial charge >= 0.3 is 0 Å². The molecular weight excluding hydrogens is 248 g/mol. The van der Waals surface area contributed by atoms with Gasteiger partial charge in [0.15, 0.2) is 6.67 Å². The Hall–Kier alpha value is -0.580. The molecule has 0 N–H and O–H groups in total. The average Bonchev–Trinajstić information content (AvgIpc) is 2.33. The van der Waals surface area contributed by atoms with Crippen LogP contribution in [0.3, 0.4) is 0 Å². The fraction of sp³-hybridized carbons (Fsp3) is 0.923. The van der Waals surface area contributed by atoms with E-state index < -0.39 is 4.75 Å². The summed E-state index contributed by atoms with van der Waals surface area (Å²) in [6, 6.07) is 0. The number of hydrogen-bond donors (Lipinski definition) is 0. The maximum Gasteiger partial charge on any atom is 0.239 e. The molecular formula is C13H26N2O2S. The van der Waals surface area contributed by atoms with Gasteiger partial charge in [-0.3, -0.25) is 4.79 Å². The lowest BCUT2D eigenvalue weighted by atomic mass is 10.2. The molecule has 106 valence electrons. The van der Waals surface area contributed by atoms with Gasteiger partial charge in [0.25, 0.3) is 0 Å². The first-order valence-corrected chi connectivity index (χ1v) is 7.63. The smallest absolute Gasteiger partial charge is 0.239 e. The van der Waals surface area contributed by atoms with Crippen molar-refractivity contribution in [2.24, 2.45) is 5.18 Å². The normalized spacial score (nSPS) is 11.3. The van der Waals surface area contributed by atoms with Crippen LogP contribution in [0.4, 0.5) is 0 Å². The molecule has 0 aromatic rings. The molecule has 0 rings (SSSR count). The van der Waals surface area contributed by atoms with Crippen molar-refractivity contribution in [3.8, 4) is 0 Å². The molecule has 1 amide bonds. The number of unbranched alkanes of at least 4 members (excludes halogenated alkanes) is 4. The standard InChI is InChI=1S/C13H26N2O2S/c1-5-6-7-8-9-10-18-13(2,3)12(16)15(4)11-14-17/h5-11H2,1-4H3. The van der Waals surface area contributed by atoms with Crippen LogP contribution in [-0.2, 0) is 4.79 Å². The maximum absolute atomic E-state index is 12.0. The molecule has 5 heteroatoms. The van der Waals surface area contributed by atoms with Crippen molar-refractivity contribution in [2.45, 2.75) is 57.6 Å². The van der Waals surface area contributed by atoms with Crippen molar-refractivity contribution >= 4 is 17.7 Å². The fourth-order valence-corrected chi connectivity index (χ4v) is 2.84. The largest absolute Gasteiger partial charge is 0.322 e. The Morgan fingerprint density at radius 3 is 2.39 bits per heavy atom. The summed E-state index contributed by atoms with van der Waals surface area (Å²) >= 11 is 1.66. The highest BCUT2D eigenvalue weighted by Crippen LogP contribution is 2.27. The molecule has 0 spiro atoms. The van der Waals surface area contributed by atoms with Gasteiger partial charge in [-0.1, -0.05) is 32.6 Å². The van der Waals surface area contributed by atoms with Crippen molar-refractivity contribution < 1.29 is 4.79 Å². The number of carbonyl (C=O) groups is 1. The summed E-state index contributed by atoms with van der Waals surface area (Å²) in [5, 5.41) is 2.75. The van der Waals surface area contributed by atoms with Crippen LogP contribution < -0.4 is 0 Å². The Bertz CT molecular complexity index is 257. The molecule has 0 aliphatic heterocycles. The van der Waals surface area contributed by atoms with Crippen molar-refractivity contribution in [2.75, 3.05) is 19.5 Å². The van der Waals surface area contributed by atoms with Gasteiger partial charge in [-0.15, -0.1) is 16.7 Å². The van der Waals surface area contributed by atoms with Crippen LogP contribution in [0, 0.1) is 4.91 Å². The molecule has 0 aromatic heterocycles. The van der Waals surface area contributed by atoms with E-state index in [1.54, 1.807) is 18.8 Å². The number of thioether (sulfide) groups is 1. The second-order valence-corrected chi connectivity index (χ2v) is 6.76. The first-order chi connectivity index (χ1) is 8.45. The van der Waals surface area contributed by atoms with Crippen molar-refractivity contribution in [1.29, 1.82) is 0 Å². The van der Waals surface area contributed by atoms with Crippen LogP contribution >= 0.6 is 11.8 Å². The molecule has 0 atom stereocenters. The van der Waals surface area contributed by atoms with E-state index in [-0.39, 0.29) is 12.6 Å². The molecule has 0 aliphatic rings. The van der Waals surface area contributed by atoms with E-state index >= 15 is 0 Å². The second-order valence-electron chi connectivity index (χ2n) is 5.05. The van der Waals surface area contributed by atoms with Crippen LogP contribution in [-0.4, -0.2) is 35.0 Å². The van der Waals surface area contributed by atoms with E-state index in [1.807, 2.05) is 13.8 Å². The van der Waals surface area contributed by atoms with Crippen LogP contribution in [0.2, 0.25) is 0 Å². The van der Waals surface area contributed by atoms with Crippen molar-refractivity contribution in [1.82, 2.24) is 4.90 Å². The summed E-state index contributed by atoms with van der Waals surface area (Å²) in [5.74, 6) is 0.964. The fourth-order valence-electron chi connectivity index (χ4n) is 1.71. The SMILES string of the molecule is CCCCCCCSC(C)(C)C(=O)N(C)CN=O. The predicted octanol–water partition coefficient (Wildman–Crippen LogP) is 3.65. The third-order valence-electron chi connectivity index (χ3n) is 2.84.